The molecule has 0 heterocycles. The third-order valence-corrected chi connectivity index (χ3v) is 1.82. The third-order valence-electron chi connectivity index (χ3n) is 1.42. The van der Waals surface area contributed by atoms with Crippen LogP contribution in [0.4, 0.5) is 0 Å². The van der Waals surface area contributed by atoms with Crippen LogP contribution in [0.15, 0.2) is 18.2 Å². The zero-order chi connectivity index (χ0) is 9.68. The van der Waals surface area contributed by atoms with Gasteiger partial charge in [0.15, 0.2) is 0 Å². The van der Waals surface area contributed by atoms with Gasteiger partial charge < -0.3 is 10.2 Å². The number of aromatic hydroxyl groups is 2. The molecule has 1 rings (SSSR count). The van der Waals surface area contributed by atoms with E-state index in [1.54, 1.807) is 6.07 Å². The number of hydrogen-bond acceptors (Lipinski definition) is 2. The molecule has 0 unspecified atom stereocenters. The second kappa shape index (κ2) is 4.78. The van der Waals surface area contributed by atoms with Crippen molar-refractivity contribution >= 4 is 15.9 Å². The van der Waals surface area contributed by atoms with E-state index < -0.39 is 0 Å². The van der Waals surface area contributed by atoms with Gasteiger partial charge in [0.2, 0.25) is 0 Å². The molecule has 0 aliphatic carbocycles. The maximum atomic E-state index is 9.32. The summed E-state index contributed by atoms with van der Waals surface area (Å²) in [5, 5.41) is 19.1. The summed E-state index contributed by atoms with van der Waals surface area (Å²) in [4.78, 5) is 0. The first-order chi connectivity index (χ1) is 6.24. The number of hydrogen-bond donors (Lipinski definition) is 2. The van der Waals surface area contributed by atoms with Crippen LogP contribution in [-0.4, -0.2) is 15.5 Å². The molecular weight excluding hydrogens is 232 g/mol. The lowest BCUT2D eigenvalue weighted by atomic mass is 10.2. The third kappa shape index (κ3) is 3.00. The van der Waals surface area contributed by atoms with E-state index in [9.17, 15) is 5.11 Å². The van der Waals surface area contributed by atoms with Crippen LogP contribution in [0.2, 0.25) is 0 Å². The average Bonchev–Trinajstić information content (AvgIpc) is 2.09. The van der Waals surface area contributed by atoms with Crippen LogP contribution in [0.1, 0.15) is 12.0 Å². The first kappa shape index (κ1) is 9.94. The average molecular weight is 241 g/mol. The lowest BCUT2D eigenvalue weighted by Gasteiger charge is -1.96. The van der Waals surface area contributed by atoms with Crippen LogP contribution in [0.5, 0.6) is 11.5 Å². The summed E-state index contributed by atoms with van der Waals surface area (Å²) in [5.41, 5.74) is 0.541. The topological polar surface area (TPSA) is 40.5 Å². The number of benzene rings is 1. The van der Waals surface area contributed by atoms with Crippen molar-refractivity contribution < 1.29 is 10.2 Å². The van der Waals surface area contributed by atoms with Crippen molar-refractivity contribution in [1.29, 1.82) is 0 Å². The maximum absolute atomic E-state index is 9.32. The molecule has 0 bridgehead atoms. The first-order valence-corrected chi connectivity index (χ1v) is 4.93. The van der Waals surface area contributed by atoms with Crippen LogP contribution in [0.25, 0.3) is 0 Å². The molecule has 0 saturated heterocycles. The van der Waals surface area contributed by atoms with Crippen LogP contribution in [0, 0.1) is 11.8 Å². The first-order valence-electron chi connectivity index (χ1n) is 3.81. The molecule has 13 heavy (non-hydrogen) atoms. The minimum Gasteiger partial charge on any atom is -0.508 e. The molecule has 0 atom stereocenters. The molecule has 2 nitrogen and oxygen atoms in total. The molecule has 68 valence electrons. The second-order valence-corrected chi connectivity index (χ2v) is 3.24. The second-order valence-electron chi connectivity index (χ2n) is 2.44. The maximum Gasteiger partial charge on any atom is 0.134 e. The lowest BCUT2D eigenvalue weighted by Crippen LogP contribution is -1.76. The van der Waals surface area contributed by atoms with Gasteiger partial charge in [0.1, 0.15) is 11.5 Å². The Balaban J connectivity index is 2.85. The molecule has 2 N–H and O–H groups in total. The van der Waals surface area contributed by atoms with Crippen molar-refractivity contribution in [3.8, 4) is 23.3 Å². The molecular formula is C10H9BrO2. The van der Waals surface area contributed by atoms with Gasteiger partial charge in [-0.15, -0.1) is 0 Å². The minimum absolute atomic E-state index is 0.0158. The fourth-order valence-electron chi connectivity index (χ4n) is 0.831. The van der Waals surface area contributed by atoms with Crippen molar-refractivity contribution in [1.82, 2.24) is 0 Å². The van der Waals surface area contributed by atoms with Crippen molar-refractivity contribution in [2.45, 2.75) is 6.42 Å². The van der Waals surface area contributed by atoms with E-state index in [1.807, 2.05) is 0 Å². The Labute approximate surface area is 85.3 Å². The predicted molar refractivity (Wildman–Crippen MR) is 55.1 cm³/mol. The van der Waals surface area contributed by atoms with Crippen LogP contribution >= 0.6 is 15.9 Å². The van der Waals surface area contributed by atoms with Crippen LogP contribution < -0.4 is 0 Å². The van der Waals surface area contributed by atoms with Gasteiger partial charge in [-0.05, 0) is 12.1 Å². The van der Waals surface area contributed by atoms with Gasteiger partial charge in [0, 0.05) is 17.8 Å². The highest BCUT2D eigenvalue weighted by molar-refractivity contribution is 9.09. The number of halogens is 1. The highest BCUT2D eigenvalue weighted by atomic mass is 79.9. The summed E-state index contributed by atoms with van der Waals surface area (Å²) < 4.78 is 0. The zero-order valence-corrected chi connectivity index (χ0v) is 8.50. The van der Waals surface area contributed by atoms with Gasteiger partial charge in [-0.25, -0.2) is 0 Å². The highest BCUT2D eigenvalue weighted by Crippen LogP contribution is 2.21. The normalized spacial score (nSPS) is 9.00. The summed E-state index contributed by atoms with van der Waals surface area (Å²) in [7, 11) is 0. The summed E-state index contributed by atoms with van der Waals surface area (Å²) in [6.07, 6.45) is 0.736. The zero-order valence-electron chi connectivity index (χ0n) is 6.92. The monoisotopic (exact) mass is 240 g/mol. The predicted octanol–water partition coefficient (Wildman–Crippen LogP) is 2.23. The van der Waals surface area contributed by atoms with E-state index in [4.69, 9.17) is 5.11 Å². The summed E-state index contributed by atoms with van der Waals surface area (Å²) in [6.45, 7) is 0. The van der Waals surface area contributed by atoms with E-state index in [0.717, 1.165) is 11.8 Å². The standard InChI is InChI=1S/C10H9BrO2/c11-6-2-1-3-8-4-5-9(12)7-10(8)13/h4-5,7,12-13H,2,6H2. The molecule has 0 radical (unpaired) electrons. The van der Waals surface area contributed by atoms with E-state index in [2.05, 4.69) is 27.8 Å². The van der Waals surface area contributed by atoms with Crippen molar-refractivity contribution in [3.05, 3.63) is 23.8 Å². The smallest absolute Gasteiger partial charge is 0.134 e. The SMILES string of the molecule is Oc1ccc(C#CCCBr)c(O)c1. The van der Waals surface area contributed by atoms with Crippen molar-refractivity contribution in [2.75, 3.05) is 5.33 Å². The molecule has 0 aliphatic heterocycles. The Morgan fingerprint density at radius 2 is 2.08 bits per heavy atom. The lowest BCUT2D eigenvalue weighted by molar-refractivity contribution is 0.449. The number of rotatable bonds is 1. The van der Waals surface area contributed by atoms with E-state index in [0.29, 0.717) is 5.56 Å². The fraction of sp³-hybridized carbons (Fsp3) is 0.200. The van der Waals surface area contributed by atoms with Gasteiger partial charge in [-0.3, -0.25) is 0 Å². The molecule has 0 amide bonds. The fourth-order valence-corrected chi connectivity index (χ4v) is 1.03. The van der Waals surface area contributed by atoms with Crippen molar-refractivity contribution in [2.24, 2.45) is 0 Å². The van der Waals surface area contributed by atoms with Gasteiger partial charge in [-0.1, -0.05) is 27.8 Å². The van der Waals surface area contributed by atoms with Gasteiger partial charge in [-0.2, -0.15) is 0 Å². The number of alkyl halides is 1. The molecule has 0 aliphatic rings. The summed E-state index contributed by atoms with van der Waals surface area (Å²) >= 11 is 3.25. The van der Waals surface area contributed by atoms with Crippen LogP contribution in [-0.2, 0) is 0 Å². The number of phenols is 2. The summed E-state index contributed by atoms with van der Waals surface area (Å²) in [5.74, 6) is 5.73. The van der Waals surface area contributed by atoms with Gasteiger partial charge in [0.25, 0.3) is 0 Å². The Morgan fingerprint density at radius 3 is 2.69 bits per heavy atom. The Morgan fingerprint density at radius 1 is 1.31 bits per heavy atom. The van der Waals surface area contributed by atoms with E-state index >= 15 is 0 Å². The van der Waals surface area contributed by atoms with Crippen LogP contribution in [0.3, 0.4) is 0 Å². The Bertz CT molecular complexity index is 350. The molecule has 1 aromatic rings. The highest BCUT2D eigenvalue weighted by Gasteiger charge is 1.97. The van der Waals surface area contributed by atoms with E-state index in [1.165, 1.54) is 12.1 Å². The Hall–Kier alpha value is -1.14. The quantitative estimate of drug-likeness (QED) is 0.584. The minimum atomic E-state index is 0.0158. The van der Waals surface area contributed by atoms with Crippen molar-refractivity contribution in [3.63, 3.8) is 0 Å². The molecule has 1 aromatic carbocycles. The van der Waals surface area contributed by atoms with Gasteiger partial charge in [0.05, 0.1) is 5.56 Å². The van der Waals surface area contributed by atoms with E-state index in [-0.39, 0.29) is 11.5 Å². The molecule has 0 saturated carbocycles. The van der Waals surface area contributed by atoms with Gasteiger partial charge >= 0.3 is 0 Å². The molecule has 3 heteroatoms. The largest absolute Gasteiger partial charge is 0.508 e. The molecule has 0 aromatic heterocycles. The molecule has 0 fully saturated rings. The Kier molecular flexibility index (Phi) is 3.66. The number of phenolic OH excluding ortho intramolecular Hbond substituents is 2. The molecule has 0 spiro atoms. The summed E-state index contributed by atoms with van der Waals surface area (Å²) in [6, 6.07) is 4.36.